The number of rotatable bonds is 3. The van der Waals surface area contributed by atoms with Gasteiger partial charge in [0.2, 0.25) is 0 Å². The van der Waals surface area contributed by atoms with E-state index in [9.17, 15) is 14.4 Å². The molecule has 100 valence electrons. The fourth-order valence-corrected chi connectivity index (χ4v) is 1.25. The van der Waals surface area contributed by atoms with Crippen LogP contribution >= 0.6 is 0 Å². The zero-order valence-corrected chi connectivity index (χ0v) is 10.6. The third-order valence-electron chi connectivity index (χ3n) is 2.00. The summed E-state index contributed by atoms with van der Waals surface area (Å²) >= 11 is 0. The number of nitrogens with zero attached hydrogens (tertiary/aromatic N) is 1. The molecule has 1 atom stereocenters. The molecule has 0 aromatic carbocycles. The van der Waals surface area contributed by atoms with Crippen LogP contribution in [0.2, 0.25) is 0 Å². The number of H-pyrrole nitrogens is 1. The van der Waals surface area contributed by atoms with Crippen molar-refractivity contribution in [1.82, 2.24) is 9.55 Å². The summed E-state index contributed by atoms with van der Waals surface area (Å²) in [5.41, 5.74) is 3.90. The van der Waals surface area contributed by atoms with Gasteiger partial charge in [0.15, 0.2) is 0 Å². The van der Waals surface area contributed by atoms with Gasteiger partial charge in [0.1, 0.15) is 11.6 Å². The highest BCUT2D eigenvalue weighted by molar-refractivity contribution is 5.75. The summed E-state index contributed by atoms with van der Waals surface area (Å²) in [6.07, 6.45) is 1.28. The van der Waals surface area contributed by atoms with Gasteiger partial charge in [-0.3, -0.25) is 19.1 Å². The van der Waals surface area contributed by atoms with Gasteiger partial charge in [0.25, 0.3) is 5.56 Å². The van der Waals surface area contributed by atoms with Crippen molar-refractivity contribution in [3.05, 3.63) is 33.1 Å². The molecule has 3 N–H and O–H groups in total. The Bertz CT molecular complexity index is 538. The summed E-state index contributed by atoms with van der Waals surface area (Å²) in [5, 5.41) is 0. The van der Waals surface area contributed by atoms with Gasteiger partial charge < -0.3 is 10.5 Å². The van der Waals surface area contributed by atoms with Crippen LogP contribution in [-0.2, 0) is 16.1 Å². The molecule has 0 bridgehead atoms. The second-order valence-electron chi connectivity index (χ2n) is 4.90. The van der Waals surface area contributed by atoms with E-state index in [1.54, 1.807) is 20.8 Å². The Hall–Kier alpha value is -1.89. The van der Waals surface area contributed by atoms with Crippen LogP contribution in [-0.4, -0.2) is 27.2 Å². The number of ether oxygens (including phenoxy) is 1. The molecule has 0 fully saturated rings. The predicted octanol–water partition coefficient (Wildman–Crippen LogP) is -0.794. The minimum atomic E-state index is -0.965. The predicted molar refractivity (Wildman–Crippen MR) is 65.1 cm³/mol. The fourth-order valence-electron chi connectivity index (χ4n) is 1.25. The standard InChI is InChI=1S/C11H17N3O4/c1-11(2,3)18-9(16)7(12)6-14-5-4-8(15)13-10(14)17/h4-5,7H,6,12H2,1-3H3,(H,13,15,17). The van der Waals surface area contributed by atoms with E-state index < -0.39 is 28.9 Å². The largest absolute Gasteiger partial charge is 0.459 e. The van der Waals surface area contributed by atoms with E-state index in [0.29, 0.717) is 0 Å². The van der Waals surface area contributed by atoms with E-state index in [1.807, 2.05) is 0 Å². The van der Waals surface area contributed by atoms with Crippen LogP contribution in [0.1, 0.15) is 20.8 Å². The zero-order chi connectivity index (χ0) is 13.9. The number of esters is 1. The molecule has 7 heteroatoms. The minimum Gasteiger partial charge on any atom is -0.459 e. The smallest absolute Gasteiger partial charge is 0.328 e. The second-order valence-corrected chi connectivity index (χ2v) is 4.90. The number of hydrogen-bond acceptors (Lipinski definition) is 5. The maximum Gasteiger partial charge on any atom is 0.328 e. The molecule has 0 aliphatic rings. The van der Waals surface area contributed by atoms with Crippen LogP contribution in [0.4, 0.5) is 0 Å². The molecule has 0 aliphatic carbocycles. The Kier molecular flexibility index (Phi) is 4.07. The molecule has 0 saturated heterocycles. The molecule has 7 nitrogen and oxygen atoms in total. The van der Waals surface area contributed by atoms with Gasteiger partial charge in [0, 0.05) is 12.3 Å². The molecule has 1 rings (SSSR count). The van der Waals surface area contributed by atoms with Crippen molar-refractivity contribution in [3.63, 3.8) is 0 Å². The Balaban J connectivity index is 2.76. The first-order chi connectivity index (χ1) is 8.19. The maximum absolute atomic E-state index is 11.6. The Morgan fingerprint density at radius 2 is 2.11 bits per heavy atom. The molecule has 1 unspecified atom stereocenters. The van der Waals surface area contributed by atoms with Crippen LogP contribution < -0.4 is 17.0 Å². The van der Waals surface area contributed by atoms with Crippen molar-refractivity contribution in [1.29, 1.82) is 0 Å². The van der Waals surface area contributed by atoms with Crippen LogP contribution in [0, 0.1) is 0 Å². The van der Waals surface area contributed by atoms with E-state index in [4.69, 9.17) is 10.5 Å². The number of aromatic amines is 1. The van der Waals surface area contributed by atoms with Crippen molar-refractivity contribution in [2.75, 3.05) is 0 Å². The Morgan fingerprint density at radius 3 is 2.61 bits per heavy atom. The molecule has 0 spiro atoms. The Labute approximate surface area is 104 Å². The lowest BCUT2D eigenvalue weighted by Crippen LogP contribution is -2.43. The first-order valence-electron chi connectivity index (χ1n) is 5.47. The normalized spacial score (nSPS) is 13.1. The topological polar surface area (TPSA) is 107 Å². The minimum absolute atomic E-state index is 0.0511. The molecule has 0 aliphatic heterocycles. The average Bonchev–Trinajstić information content (AvgIpc) is 2.19. The molecule has 18 heavy (non-hydrogen) atoms. The van der Waals surface area contributed by atoms with Gasteiger partial charge in [-0.1, -0.05) is 0 Å². The summed E-state index contributed by atoms with van der Waals surface area (Å²) in [6, 6.07) is 0.219. The number of carbonyl (C=O) groups excluding carboxylic acids is 1. The van der Waals surface area contributed by atoms with E-state index in [0.717, 1.165) is 4.57 Å². The number of nitrogens with two attached hydrogens (primary N) is 1. The lowest BCUT2D eigenvalue weighted by atomic mass is 10.2. The van der Waals surface area contributed by atoms with Gasteiger partial charge in [-0.2, -0.15) is 0 Å². The SMILES string of the molecule is CC(C)(C)OC(=O)C(N)Cn1ccc(=O)[nH]c1=O. The number of carbonyl (C=O) groups is 1. The molecular formula is C11H17N3O4. The lowest BCUT2D eigenvalue weighted by molar-refractivity contribution is -0.156. The van der Waals surface area contributed by atoms with Gasteiger partial charge >= 0.3 is 11.7 Å². The molecule has 1 aromatic rings. The van der Waals surface area contributed by atoms with Gasteiger partial charge in [0.05, 0.1) is 6.54 Å². The van der Waals surface area contributed by atoms with E-state index in [2.05, 4.69) is 4.98 Å². The number of nitrogens with one attached hydrogen (secondary N) is 1. The summed E-state index contributed by atoms with van der Waals surface area (Å²) in [5.74, 6) is -0.597. The van der Waals surface area contributed by atoms with Crippen LogP contribution in [0.15, 0.2) is 21.9 Å². The first-order valence-corrected chi connectivity index (χ1v) is 5.47. The highest BCUT2D eigenvalue weighted by Gasteiger charge is 2.22. The summed E-state index contributed by atoms with van der Waals surface area (Å²) in [6.45, 7) is 5.13. The fraction of sp³-hybridized carbons (Fsp3) is 0.545. The molecule has 1 aromatic heterocycles. The molecule has 0 radical (unpaired) electrons. The number of hydrogen-bond donors (Lipinski definition) is 2. The van der Waals surface area contributed by atoms with Gasteiger partial charge in [-0.25, -0.2) is 4.79 Å². The summed E-state index contributed by atoms with van der Waals surface area (Å²) < 4.78 is 6.23. The van der Waals surface area contributed by atoms with E-state index in [-0.39, 0.29) is 6.54 Å². The quantitative estimate of drug-likeness (QED) is 0.688. The lowest BCUT2D eigenvalue weighted by Gasteiger charge is -2.22. The zero-order valence-electron chi connectivity index (χ0n) is 10.6. The van der Waals surface area contributed by atoms with Gasteiger partial charge in [-0.05, 0) is 20.8 Å². The first kappa shape index (κ1) is 14.2. The third-order valence-corrected chi connectivity index (χ3v) is 2.00. The molecule has 1 heterocycles. The highest BCUT2D eigenvalue weighted by Crippen LogP contribution is 2.08. The van der Waals surface area contributed by atoms with Crippen LogP contribution in [0.5, 0.6) is 0 Å². The molecule has 0 amide bonds. The second kappa shape index (κ2) is 5.18. The van der Waals surface area contributed by atoms with Gasteiger partial charge in [-0.15, -0.1) is 0 Å². The highest BCUT2D eigenvalue weighted by atomic mass is 16.6. The molecular weight excluding hydrogens is 238 g/mol. The van der Waals surface area contributed by atoms with E-state index >= 15 is 0 Å². The third kappa shape index (κ3) is 4.17. The van der Waals surface area contributed by atoms with Crippen molar-refractivity contribution in [3.8, 4) is 0 Å². The summed E-state index contributed by atoms with van der Waals surface area (Å²) in [7, 11) is 0. The summed E-state index contributed by atoms with van der Waals surface area (Å²) in [4.78, 5) is 35.9. The average molecular weight is 255 g/mol. The Morgan fingerprint density at radius 1 is 1.50 bits per heavy atom. The number of aromatic nitrogens is 2. The van der Waals surface area contributed by atoms with Crippen molar-refractivity contribution < 1.29 is 9.53 Å². The van der Waals surface area contributed by atoms with Crippen molar-refractivity contribution in [2.24, 2.45) is 5.73 Å². The van der Waals surface area contributed by atoms with Crippen molar-refractivity contribution >= 4 is 5.97 Å². The van der Waals surface area contributed by atoms with Crippen molar-refractivity contribution in [2.45, 2.75) is 39.0 Å². The molecule has 0 saturated carbocycles. The maximum atomic E-state index is 11.6. The van der Waals surface area contributed by atoms with Crippen LogP contribution in [0.25, 0.3) is 0 Å². The van der Waals surface area contributed by atoms with E-state index in [1.165, 1.54) is 12.3 Å². The van der Waals surface area contributed by atoms with Crippen LogP contribution in [0.3, 0.4) is 0 Å². The monoisotopic (exact) mass is 255 g/mol.